The molecule has 2 heterocycles. The number of hydrogen-bond donors (Lipinski definition) is 1. The number of benzene rings is 2. The lowest BCUT2D eigenvalue weighted by atomic mass is 10.0. The topological polar surface area (TPSA) is 72.8 Å². The molecule has 2 aromatic carbocycles. The molecule has 0 radical (unpaired) electrons. The highest BCUT2D eigenvalue weighted by molar-refractivity contribution is 7.12. The van der Waals surface area contributed by atoms with Crippen molar-refractivity contribution < 1.29 is 14.3 Å². The molecule has 0 saturated carbocycles. The van der Waals surface area contributed by atoms with Crippen molar-refractivity contribution in [3.8, 4) is 22.8 Å². The van der Waals surface area contributed by atoms with Gasteiger partial charge in [0.15, 0.2) is 0 Å². The highest BCUT2D eigenvalue weighted by atomic mass is 32.1. The molecule has 6 nitrogen and oxygen atoms in total. The zero-order valence-electron chi connectivity index (χ0n) is 17.4. The SMILES string of the molecule is COc1ccc(-c2cc(C(=O)N/N=C(\C)c3cccs3)c3ccccc3n2)c(OC)c1. The minimum atomic E-state index is -0.303. The first-order valence-electron chi connectivity index (χ1n) is 9.61. The molecule has 156 valence electrons. The molecule has 0 fully saturated rings. The quantitative estimate of drug-likeness (QED) is 0.339. The summed E-state index contributed by atoms with van der Waals surface area (Å²) in [5.74, 6) is 0.987. The van der Waals surface area contributed by atoms with Gasteiger partial charge in [0.2, 0.25) is 0 Å². The number of amides is 1. The Balaban J connectivity index is 1.77. The van der Waals surface area contributed by atoms with Crippen LogP contribution >= 0.6 is 11.3 Å². The fourth-order valence-electron chi connectivity index (χ4n) is 3.25. The number of pyridine rings is 1. The lowest BCUT2D eigenvalue weighted by molar-refractivity contribution is 0.0956. The molecule has 7 heteroatoms. The predicted octanol–water partition coefficient (Wildman–Crippen LogP) is 5.13. The van der Waals surface area contributed by atoms with Crippen LogP contribution < -0.4 is 14.9 Å². The van der Waals surface area contributed by atoms with Crippen LogP contribution in [0.25, 0.3) is 22.2 Å². The number of hydrazone groups is 1. The van der Waals surface area contributed by atoms with Crippen molar-refractivity contribution in [2.45, 2.75) is 6.92 Å². The molecular weight excluding hydrogens is 410 g/mol. The Morgan fingerprint density at radius 2 is 1.87 bits per heavy atom. The molecule has 0 unspecified atom stereocenters. The fourth-order valence-corrected chi connectivity index (χ4v) is 3.92. The Hall–Kier alpha value is -3.71. The maximum Gasteiger partial charge on any atom is 0.272 e. The van der Waals surface area contributed by atoms with Gasteiger partial charge in [-0.05, 0) is 42.6 Å². The van der Waals surface area contributed by atoms with Crippen molar-refractivity contribution in [2.24, 2.45) is 5.10 Å². The molecule has 31 heavy (non-hydrogen) atoms. The largest absolute Gasteiger partial charge is 0.497 e. The van der Waals surface area contributed by atoms with E-state index in [0.717, 1.165) is 21.5 Å². The molecule has 1 amide bonds. The van der Waals surface area contributed by atoms with E-state index >= 15 is 0 Å². The maximum atomic E-state index is 13.1. The van der Waals surface area contributed by atoms with Gasteiger partial charge in [-0.25, -0.2) is 10.4 Å². The number of aromatic nitrogens is 1. The summed E-state index contributed by atoms with van der Waals surface area (Å²) in [4.78, 5) is 18.8. The number of hydrogen-bond acceptors (Lipinski definition) is 6. The number of para-hydroxylation sites is 1. The molecule has 0 spiro atoms. The van der Waals surface area contributed by atoms with Gasteiger partial charge in [0.25, 0.3) is 5.91 Å². The molecule has 0 aliphatic rings. The van der Waals surface area contributed by atoms with Crippen LogP contribution in [0.3, 0.4) is 0 Å². The zero-order chi connectivity index (χ0) is 21.8. The highest BCUT2D eigenvalue weighted by Gasteiger charge is 2.16. The van der Waals surface area contributed by atoms with Crippen LogP contribution in [0.1, 0.15) is 22.2 Å². The third-order valence-electron chi connectivity index (χ3n) is 4.85. The van der Waals surface area contributed by atoms with Gasteiger partial charge in [0.1, 0.15) is 11.5 Å². The fraction of sp³-hybridized carbons (Fsp3) is 0.125. The molecular formula is C24H21N3O3S. The summed E-state index contributed by atoms with van der Waals surface area (Å²) in [6, 6.07) is 18.7. The number of ether oxygens (including phenoxy) is 2. The maximum absolute atomic E-state index is 13.1. The van der Waals surface area contributed by atoms with E-state index in [1.165, 1.54) is 0 Å². The Bertz CT molecular complexity index is 1270. The number of rotatable bonds is 6. The number of carbonyl (C=O) groups excluding carboxylic acids is 1. The van der Waals surface area contributed by atoms with Crippen molar-refractivity contribution in [3.05, 3.63) is 76.5 Å². The Morgan fingerprint density at radius 3 is 2.61 bits per heavy atom. The van der Waals surface area contributed by atoms with E-state index in [1.807, 2.05) is 60.8 Å². The lowest BCUT2D eigenvalue weighted by Crippen LogP contribution is -2.19. The minimum absolute atomic E-state index is 0.303. The lowest BCUT2D eigenvalue weighted by Gasteiger charge is -2.13. The first-order valence-corrected chi connectivity index (χ1v) is 10.5. The van der Waals surface area contributed by atoms with Crippen molar-refractivity contribution >= 4 is 33.9 Å². The summed E-state index contributed by atoms with van der Waals surface area (Å²) < 4.78 is 10.8. The summed E-state index contributed by atoms with van der Waals surface area (Å²) in [5.41, 5.74) is 6.02. The first-order chi connectivity index (χ1) is 15.1. The standard InChI is InChI=1S/C24H21N3O3S/c1-15(23-9-6-12-31-23)26-27-24(28)19-14-21(25-20-8-5-4-7-17(19)20)18-11-10-16(29-2)13-22(18)30-3/h4-14H,1-3H3,(H,27,28)/b26-15+. The van der Waals surface area contributed by atoms with E-state index in [4.69, 9.17) is 14.5 Å². The van der Waals surface area contributed by atoms with E-state index in [1.54, 1.807) is 37.7 Å². The van der Waals surface area contributed by atoms with Gasteiger partial charge < -0.3 is 9.47 Å². The van der Waals surface area contributed by atoms with Crippen LogP contribution in [0.15, 0.2) is 71.1 Å². The third-order valence-corrected chi connectivity index (χ3v) is 5.83. The van der Waals surface area contributed by atoms with Crippen LogP contribution in [0.4, 0.5) is 0 Å². The molecule has 0 bridgehead atoms. The van der Waals surface area contributed by atoms with Gasteiger partial charge in [-0.2, -0.15) is 5.10 Å². The van der Waals surface area contributed by atoms with E-state index < -0.39 is 0 Å². The Morgan fingerprint density at radius 1 is 1.03 bits per heavy atom. The number of nitrogens with one attached hydrogen (secondary N) is 1. The van der Waals surface area contributed by atoms with E-state index in [9.17, 15) is 4.79 Å². The normalized spacial score (nSPS) is 11.4. The predicted molar refractivity (Wildman–Crippen MR) is 124 cm³/mol. The van der Waals surface area contributed by atoms with Crippen molar-refractivity contribution in [2.75, 3.05) is 14.2 Å². The first kappa shape index (κ1) is 20.6. The third kappa shape index (κ3) is 4.27. The van der Waals surface area contributed by atoms with E-state index in [-0.39, 0.29) is 5.91 Å². The summed E-state index contributed by atoms with van der Waals surface area (Å²) in [6.07, 6.45) is 0. The second-order valence-electron chi connectivity index (χ2n) is 6.75. The van der Waals surface area contributed by atoms with Gasteiger partial charge in [-0.1, -0.05) is 24.3 Å². The molecule has 4 aromatic rings. The van der Waals surface area contributed by atoms with Crippen molar-refractivity contribution in [3.63, 3.8) is 0 Å². The number of methoxy groups -OCH3 is 2. The van der Waals surface area contributed by atoms with Crippen LogP contribution in [0.2, 0.25) is 0 Å². The minimum Gasteiger partial charge on any atom is -0.497 e. The number of thiophene rings is 1. The Kier molecular flexibility index (Phi) is 5.95. The van der Waals surface area contributed by atoms with Crippen molar-refractivity contribution in [1.29, 1.82) is 0 Å². The molecule has 1 N–H and O–H groups in total. The molecule has 0 aliphatic carbocycles. The van der Waals surface area contributed by atoms with Gasteiger partial charge in [0, 0.05) is 21.9 Å². The molecule has 0 aliphatic heterocycles. The molecule has 0 saturated heterocycles. The summed E-state index contributed by atoms with van der Waals surface area (Å²) in [7, 11) is 3.19. The van der Waals surface area contributed by atoms with Gasteiger partial charge >= 0.3 is 0 Å². The Labute approximate surface area is 184 Å². The summed E-state index contributed by atoms with van der Waals surface area (Å²) in [6.45, 7) is 1.87. The summed E-state index contributed by atoms with van der Waals surface area (Å²) in [5, 5.41) is 7.00. The van der Waals surface area contributed by atoms with Gasteiger partial charge in [-0.15, -0.1) is 11.3 Å². The van der Waals surface area contributed by atoms with Gasteiger partial charge in [-0.3, -0.25) is 4.79 Å². The molecule has 2 aromatic heterocycles. The van der Waals surface area contributed by atoms with E-state index in [2.05, 4.69) is 10.5 Å². The van der Waals surface area contributed by atoms with Crippen LogP contribution in [0, 0.1) is 0 Å². The van der Waals surface area contributed by atoms with Crippen LogP contribution in [-0.4, -0.2) is 30.8 Å². The highest BCUT2D eigenvalue weighted by Crippen LogP contribution is 2.34. The average Bonchev–Trinajstić information content (AvgIpc) is 3.36. The second-order valence-corrected chi connectivity index (χ2v) is 7.70. The smallest absolute Gasteiger partial charge is 0.272 e. The molecule has 4 rings (SSSR count). The van der Waals surface area contributed by atoms with Crippen molar-refractivity contribution in [1.82, 2.24) is 10.4 Å². The monoisotopic (exact) mass is 431 g/mol. The van der Waals surface area contributed by atoms with Crippen LogP contribution in [-0.2, 0) is 0 Å². The second kappa shape index (κ2) is 8.97. The number of fused-ring (bicyclic) bond motifs is 1. The summed E-state index contributed by atoms with van der Waals surface area (Å²) >= 11 is 1.57. The zero-order valence-corrected chi connectivity index (χ0v) is 18.2. The van der Waals surface area contributed by atoms with E-state index in [0.29, 0.717) is 28.3 Å². The number of nitrogens with zero attached hydrogens (tertiary/aromatic N) is 2. The number of carbonyl (C=O) groups is 1. The van der Waals surface area contributed by atoms with Crippen LogP contribution in [0.5, 0.6) is 11.5 Å². The molecule has 0 atom stereocenters. The van der Waals surface area contributed by atoms with Gasteiger partial charge in [0.05, 0.1) is 36.7 Å². The average molecular weight is 432 g/mol.